The molecular formula is C17H27NO2. The highest BCUT2D eigenvalue weighted by atomic mass is 16.5. The fourth-order valence-electron chi connectivity index (χ4n) is 2.07. The largest absolute Gasteiger partial charge is 0.493 e. The van der Waals surface area contributed by atoms with Gasteiger partial charge in [-0.05, 0) is 49.7 Å². The van der Waals surface area contributed by atoms with Crippen LogP contribution in [-0.2, 0) is 6.42 Å². The van der Waals surface area contributed by atoms with Crippen molar-refractivity contribution in [3.63, 3.8) is 0 Å². The van der Waals surface area contributed by atoms with Gasteiger partial charge in [-0.15, -0.1) is 0 Å². The van der Waals surface area contributed by atoms with E-state index >= 15 is 0 Å². The number of rotatable bonds is 9. The molecule has 0 aliphatic heterocycles. The molecule has 112 valence electrons. The Hall–Kier alpha value is -1.22. The summed E-state index contributed by atoms with van der Waals surface area (Å²) < 4.78 is 11.7. The Balaban J connectivity index is 2.06. The molecule has 0 aromatic heterocycles. The number of nitrogens with two attached hydrogens (primary N) is 1. The minimum absolute atomic E-state index is 0.195. The predicted molar refractivity (Wildman–Crippen MR) is 82.4 cm³/mol. The third-order valence-corrected chi connectivity index (χ3v) is 3.69. The summed E-state index contributed by atoms with van der Waals surface area (Å²) >= 11 is 0. The predicted octanol–water partition coefficient (Wildman–Crippen LogP) is 3.54. The Morgan fingerprint density at radius 1 is 1.25 bits per heavy atom. The molecule has 2 rings (SSSR count). The molecule has 0 heterocycles. The van der Waals surface area contributed by atoms with Crippen molar-refractivity contribution in [2.75, 3.05) is 13.2 Å². The van der Waals surface area contributed by atoms with Crippen LogP contribution >= 0.6 is 0 Å². The molecule has 0 bridgehead atoms. The summed E-state index contributed by atoms with van der Waals surface area (Å²) in [5.74, 6) is 2.60. The van der Waals surface area contributed by atoms with E-state index in [0.29, 0.717) is 0 Å². The highest BCUT2D eigenvalue weighted by molar-refractivity contribution is 5.41. The molecule has 0 spiro atoms. The lowest BCUT2D eigenvalue weighted by molar-refractivity contribution is 0.288. The SMILES string of the molecule is CCCOc1ccc(CC(N)CC)c(OCC2CC2)c1. The van der Waals surface area contributed by atoms with Gasteiger partial charge in [0, 0.05) is 12.1 Å². The molecule has 1 atom stereocenters. The normalized spacial score (nSPS) is 15.9. The van der Waals surface area contributed by atoms with Gasteiger partial charge in [-0.25, -0.2) is 0 Å². The monoisotopic (exact) mass is 277 g/mol. The van der Waals surface area contributed by atoms with Crippen molar-refractivity contribution in [3.8, 4) is 11.5 Å². The van der Waals surface area contributed by atoms with Gasteiger partial charge in [-0.2, -0.15) is 0 Å². The maximum Gasteiger partial charge on any atom is 0.126 e. The second kappa shape index (κ2) is 7.53. The molecule has 20 heavy (non-hydrogen) atoms. The van der Waals surface area contributed by atoms with Crippen molar-refractivity contribution in [2.24, 2.45) is 11.7 Å². The fraction of sp³-hybridized carbons (Fsp3) is 0.647. The lowest BCUT2D eigenvalue weighted by Crippen LogP contribution is -2.21. The summed E-state index contributed by atoms with van der Waals surface area (Å²) in [5, 5.41) is 0. The molecule has 0 saturated heterocycles. The van der Waals surface area contributed by atoms with Crippen LogP contribution in [0.2, 0.25) is 0 Å². The highest BCUT2D eigenvalue weighted by Crippen LogP contribution is 2.32. The van der Waals surface area contributed by atoms with Crippen LogP contribution < -0.4 is 15.2 Å². The molecular weight excluding hydrogens is 250 g/mol. The van der Waals surface area contributed by atoms with Crippen molar-refractivity contribution < 1.29 is 9.47 Å². The summed E-state index contributed by atoms with van der Waals surface area (Å²) in [5.41, 5.74) is 7.27. The van der Waals surface area contributed by atoms with E-state index in [2.05, 4.69) is 19.9 Å². The van der Waals surface area contributed by atoms with E-state index in [1.165, 1.54) is 18.4 Å². The van der Waals surface area contributed by atoms with Gasteiger partial charge in [0.15, 0.2) is 0 Å². The van der Waals surface area contributed by atoms with Gasteiger partial charge in [-0.1, -0.05) is 19.9 Å². The van der Waals surface area contributed by atoms with E-state index < -0.39 is 0 Å². The first-order valence-corrected chi connectivity index (χ1v) is 7.87. The second-order valence-electron chi connectivity index (χ2n) is 5.74. The zero-order valence-corrected chi connectivity index (χ0v) is 12.7. The average Bonchev–Trinajstić information content (AvgIpc) is 3.28. The molecule has 1 aromatic carbocycles. The molecule has 2 N–H and O–H groups in total. The lowest BCUT2D eigenvalue weighted by Gasteiger charge is -2.16. The highest BCUT2D eigenvalue weighted by Gasteiger charge is 2.22. The summed E-state index contributed by atoms with van der Waals surface area (Å²) in [6, 6.07) is 6.34. The van der Waals surface area contributed by atoms with Crippen molar-refractivity contribution in [1.82, 2.24) is 0 Å². The standard InChI is InChI=1S/C17H27NO2/c1-3-9-19-16-8-7-14(10-15(18)4-2)17(11-16)20-12-13-5-6-13/h7-8,11,13,15H,3-6,9-10,12,18H2,1-2H3. The van der Waals surface area contributed by atoms with Crippen molar-refractivity contribution in [2.45, 2.75) is 52.0 Å². The van der Waals surface area contributed by atoms with Gasteiger partial charge < -0.3 is 15.2 Å². The molecule has 1 fully saturated rings. The minimum Gasteiger partial charge on any atom is -0.493 e. The first-order valence-electron chi connectivity index (χ1n) is 7.87. The zero-order chi connectivity index (χ0) is 14.4. The van der Waals surface area contributed by atoms with Crippen molar-refractivity contribution in [1.29, 1.82) is 0 Å². The Bertz CT molecular complexity index is 415. The summed E-state index contributed by atoms with van der Waals surface area (Å²) in [7, 11) is 0. The second-order valence-corrected chi connectivity index (χ2v) is 5.74. The van der Waals surface area contributed by atoms with Gasteiger partial charge in [0.05, 0.1) is 13.2 Å². The average molecular weight is 277 g/mol. The molecule has 3 heteroatoms. The van der Waals surface area contributed by atoms with Crippen LogP contribution in [0, 0.1) is 5.92 Å². The van der Waals surface area contributed by atoms with Gasteiger partial charge >= 0.3 is 0 Å². The topological polar surface area (TPSA) is 44.5 Å². The maximum atomic E-state index is 6.07. The fourth-order valence-corrected chi connectivity index (χ4v) is 2.07. The molecule has 1 aliphatic carbocycles. The molecule has 0 radical (unpaired) electrons. The quantitative estimate of drug-likeness (QED) is 0.751. The van der Waals surface area contributed by atoms with Gasteiger partial charge in [-0.3, -0.25) is 0 Å². The maximum absolute atomic E-state index is 6.07. The molecule has 1 unspecified atom stereocenters. The Labute approximate surface area is 122 Å². The lowest BCUT2D eigenvalue weighted by atomic mass is 10.0. The van der Waals surface area contributed by atoms with Crippen LogP contribution in [0.1, 0.15) is 45.1 Å². The van der Waals surface area contributed by atoms with Gasteiger partial charge in [0.25, 0.3) is 0 Å². The Morgan fingerprint density at radius 2 is 2.05 bits per heavy atom. The summed E-state index contributed by atoms with van der Waals surface area (Å²) in [6.45, 7) is 5.80. The summed E-state index contributed by atoms with van der Waals surface area (Å²) in [4.78, 5) is 0. The zero-order valence-electron chi connectivity index (χ0n) is 12.7. The number of benzene rings is 1. The first-order chi connectivity index (χ1) is 9.72. The molecule has 0 amide bonds. The van der Waals surface area contributed by atoms with E-state index in [4.69, 9.17) is 15.2 Å². The van der Waals surface area contributed by atoms with Crippen LogP contribution in [0.25, 0.3) is 0 Å². The number of hydrogen-bond acceptors (Lipinski definition) is 3. The Kier molecular flexibility index (Phi) is 5.72. The van der Waals surface area contributed by atoms with Crippen LogP contribution in [0.3, 0.4) is 0 Å². The number of hydrogen-bond donors (Lipinski definition) is 1. The van der Waals surface area contributed by atoms with Crippen LogP contribution in [-0.4, -0.2) is 19.3 Å². The Morgan fingerprint density at radius 3 is 2.70 bits per heavy atom. The minimum atomic E-state index is 0.195. The number of ether oxygens (including phenoxy) is 2. The summed E-state index contributed by atoms with van der Waals surface area (Å²) in [6.07, 6.45) is 5.47. The molecule has 1 aromatic rings. The molecule has 1 saturated carbocycles. The van der Waals surface area contributed by atoms with Crippen LogP contribution in [0.5, 0.6) is 11.5 Å². The van der Waals surface area contributed by atoms with E-state index in [9.17, 15) is 0 Å². The third-order valence-electron chi connectivity index (χ3n) is 3.69. The van der Waals surface area contributed by atoms with E-state index in [0.717, 1.165) is 49.9 Å². The van der Waals surface area contributed by atoms with Crippen molar-refractivity contribution in [3.05, 3.63) is 23.8 Å². The molecule has 1 aliphatic rings. The molecule has 3 nitrogen and oxygen atoms in total. The van der Waals surface area contributed by atoms with Crippen LogP contribution in [0.15, 0.2) is 18.2 Å². The van der Waals surface area contributed by atoms with Gasteiger partial charge in [0.2, 0.25) is 0 Å². The smallest absolute Gasteiger partial charge is 0.126 e. The van der Waals surface area contributed by atoms with E-state index in [1.54, 1.807) is 0 Å². The van der Waals surface area contributed by atoms with Gasteiger partial charge in [0.1, 0.15) is 11.5 Å². The van der Waals surface area contributed by atoms with Crippen LogP contribution in [0.4, 0.5) is 0 Å². The first kappa shape index (κ1) is 15.2. The van der Waals surface area contributed by atoms with E-state index in [1.807, 2.05) is 12.1 Å². The third kappa shape index (κ3) is 4.71. The van der Waals surface area contributed by atoms with Crippen molar-refractivity contribution >= 4 is 0 Å². The van der Waals surface area contributed by atoms with E-state index in [-0.39, 0.29) is 6.04 Å².